The maximum atomic E-state index is 5.54. The average Bonchev–Trinajstić information content (AvgIpc) is 2.84. The van der Waals surface area contributed by atoms with E-state index in [4.69, 9.17) is 4.42 Å². The van der Waals surface area contributed by atoms with Crippen LogP contribution in [0, 0.1) is 6.92 Å². The van der Waals surface area contributed by atoms with E-state index in [1.165, 1.54) is 70.6 Å². The van der Waals surface area contributed by atoms with E-state index in [9.17, 15) is 0 Å². The van der Waals surface area contributed by atoms with Crippen LogP contribution in [0.25, 0.3) is 0 Å². The molecule has 3 nitrogen and oxygen atoms in total. The lowest BCUT2D eigenvalue weighted by Gasteiger charge is -2.18. The van der Waals surface area contributed by atoms with Gasteiger partial charge < -0.3 is 9.73 Å². The molecule has 0 amide bonds. The molecule has 1 aliphatic carbocycles. The molecular weight excluding hydrogens is 248 g/mol. The van der Waals surface area contributed by atoms with Crippen LogP contribution in [0.2, 0.25) is 0 Å². The lowest BCUT2D eigenvalue weighted by atomic mass is 9.98. The number of rotatable bonds is 3. The van der Waals surface area contributed by atoms with Crippen molar-refractivity contribution in [3.8, 4) is 0 Å². The summed E-state index contributed by atoms with van der Waals surface area (Å²) >= 11 is 0. The molecule has 0 aromatic carbocycles. The second-order valence-corrected chi connectivity index (χ2v) is 6.20. The summed E-state index contributed by atoms with van der Waals surface area (Å²) in [5.41, 5.74) is 0. The van der Waals surface area contributed by atoms with Crippen molar-refractivity contribution in [1.82, 2.24) is 10.3 Å². The molecule has 3 heteroatoms. The minimum atomic E-state index is 0.640. The van der Waals surface area contributed by atoms with Crippen LogP contribution in [0.3, 0.4) is 0 Å². The van der Waals surface area contributed by atoms with Crippen LogP contribution < -0.4 is 5.32 Å². The molecule has 1 saturated carbocycles. The average molecular weight is 278 g/mol. The summed E-state index contributed by atoms with van der Waals surface area (Å²) in [6, 6.07) is 0.640. The third kappa shape index (κ3) is 6.08. The summed E-state index contributed by atoms with van der Waals surface area (Å²) in [4.78, 5) is 4.27. The van der Waals surface area contributed by atoms with E-state index < -0.39 is 0 Å². The SMILES string of the molecule is Cc1cnc(CNC2CCCCCCCCCCC2)o1. The second-order valence-electron chi connectivity index (χ2n) is 6.20. The third-order valence-electron chi connectivity index (χ3n) is 4.32. The van der Waals surface area contributed by atoms with E-state index in [1.54, 1.807) is 6.20 Å². The highest BCUT2D eigenvalue weighted by Gasteiger charge is 2.10. The van der Waals surface area contributed by atoms with Gasteiger partial charge in [0.25, 0.3) is 0 Å². The van der Waals surface area contributed by atoms with Crippen molar-refractivity contribution in [2.45, 2.75) is 90.1 Å². The zero-order valence-electron chi connectivity index (χ0n) is 13.0. The fraction of sp³-hybridized carbons (Fsp3) is 0.824. The van der Waals surface area contributed by atoms with Crippen LogP contribution in [0.1, 0.15) is 82.3 Å². The number of aromatic nitrogens is 1. The Kier molecular flexibility index (Phi) is 7.13. The standard InChI is InChI=1S/C17H30N2O/c1-15-13-19-17(20-15)14-18-16-11-9-7-5-3-2-4-6-8-10-12-16/h13,16,18H,2-12,14H2,1H3. The number of hydrogen-bond acceptors (Lipinski definition) is 3. The number of oxazole rings is 1. The van der Waals surface area contributed by atoms with Gasteiger partial charge in [-0.3, -0.25) is 0 Å². The Morgan fingerprint density at radius 3 is 2.05 bits per heavy atom. The smallest absolute Gasteiger partial charge is 0.208 e. The predicted molar refractivity (Wildman–Crippen MR) is 82.7 cm³/mol. The van der Waals surface area contributed by atoms with Gasteiger partial charge in [-0.15, -0.1) is 0 Å². The molecular formula is C17H30N2O. The van der Waals surface area contributed by atoms with E-state index in [2.05, 4.69) is 10.3 Å². The Morgan fingerprint density at radius 1 is 1.00 bits per heavy atom. The Balaban J connectivity index is 1.73. The van der Waals surface area contributed by atoms with Crippen molar-refractivity contribution in [1.29, 1.82) is 0 Å². The maximum absolute atomic E-state index is 5.54. The van der Waals surface area contributed by atoms with Crippen LogP contribution in [-0.4, -0.2) is 11.0 Å². The second kappa shape index (κ2) is 9.17. The molecule has 1 heterocycles. The Bertz CT molecular complexity index is 350. The van der Waals surface area contributed by atoms with E-state index >= 15 is 0 Å². The summed E-state index contributed by atoms with van der Waals surface area (Å²) in [7, 11) is 0. The summed E-state index contributed by atoms with van der Waals surface area (Å²) in [6.07, 6.45) is 17.1. The van der Waals surface area contributed by atoms with Crippen molar-refractivity contribution in [3.05, 3.63) is 17.8 Å². The first kappa shape index (κ1) is 15.6. The lowest BCUT2D eigenvalue weighted by Crippen LogP contribution is -2.28. The highest BCUT2D eigenvalue weighted by molar-refractivity contribution is 4.90. The topological polar surface area (TPSA) is 38.1 Å². The number of nitrogens with one attached hydrogen (secondary N) is 1. The molecule has 1 aromatic rings. The Morgan fingerprint density at radius 2 is 1.55 bits per heavy atom. The van der Waals surface area contributed by atoms with Gasteiger partial charge in [0.2, 0.25) is 5.89 Å². The predicted octanol–water partition coefficient (Wildman–Crippen LogP) is 4.75. The van der Waals surface area contributed by atoms with Gasteiger partial charge >= 0.3 is 0 Å². The first-order valence-electron chi connectivity index (χ1n) is 8.49. The molecule has 2 rings (SSSR count). The van der Waals surface area contributed by atoms with Crippen LogP contribution in [0.5, 0.6) is 0 Å². The molecule has 1 aliphatic rings. The fourth-order valence-electron chi connectivity index (χ4n) is 3.08. The largest absolute Gasteiger partial charge is 0.445 e. The van der Waals surface area contributed by atoms with Crippen molar-refractivity contribution < 1.29 is 4.42 Å². The zero-order valence-corrected chi connectivity index (χ0v) is 13.0. The first-order valence-corrected chi connectivity index (χ1v) is 8.49. The minimum Gasteiger partial charge on any atom is -0.445 e. The number of hydrogen-bond donors (Lipinski definition) is 1. The van der Waals surface area contributed by atoms with Crippen LogP contribution in [-0.2, 0) is 6.54 Å². The van der Waals surface area contributed by atoms with Gasteiger partial charge in [0, 0.05) is 6.04 Å². The maximum Gasteiger partial charge on any atom is 0.208 e. The summed E-state index contributed by atoms with van der Waals surface area (Å²) < 4.78 is 5.54. The Labute approximate surface area is 123 Å². The van der Waals surface area contributed by atoms with E-state index in [-0.39, 0.29) is 0 Å². The lowest BCUT2D eigenvalue weighted by molar-refractivity contribution is 0.374. The quantitative estimate of drug-likeness (QED) is 0.867. The molecule has 0 radical (unpaired) electrons. The molecule has 1 N–H and O–H groups in total. The first-order chi connectivity index (χ1) is 9.84. The van der Waals surface area contributed by atoms with Crippen molar-refractivity contribution in [2.75, 3.05) is 0 Å². The molecule has 0 saturated heterocycles. The summed E-state index contributed by atoms with van der Waals surface area (Å²) in [5.74, 6) is 1.73. The summed E-state index contributed by atoms with van der Waals surface area (Å²) in [5, 5.41) is 3.65. The van der Waals surface area contributed by atoms with Crippen LogP contribution >= 0.6 is 0 Å². The highest BCUT2D eigenvalue weighted by Crippen LogP contribution is 2.17. The molecule has 0 atom stereocenters. The van der Waals surface area contributed by atoms with Gasteiger partial charge in [-0.1, -0.05) is 57.8 Å². The molecule has 1 fully saturated rings. The minimum absolute atomic E-state index is 0.640. The normalized spacial score (nSPS) is 20.2. The van der Waals surface area contributed by atoms with E-state index in [0.717, 1.165) is 18.2 Å². The number of aryl methyl sites for hydroxylation is 1. The van der Waals surface area contributed by atoms with Crippen molar-refractivity contribution >= 4 is 0 Å². The van der Waals surface area contributed by atoms with Gasteiger partial charge in [0.05, 0.1) is 12.7 Å². The van der Waals surface area contributed by atoms with Gasteiger partial charge in [0.15, 0.2) is 0 Å². The van der Waals surface area contributed by atoms with Gasteiger partial charge in [-0.05, 0) is 19.8 Å². The highest BCUT2D eigenvalue weighted by atomic mass is 16.4. The van der Waals surface area contributed by atoms with Crippen molar-refractivity contribution in [2.24, 2.45) is 0 Å². The molecule has 114 valence electrons. The van der Waals surface area contributed by atoms with Crippen LogP contribution in [0.4, 0.5) is 0 Å². The monoisotopic (exact) mass is 278 g/mol. The van der Waals surface area contributed by atoms with Crippen LogP contribution in [0.15, 0.2) is 10.6 Å². The zero-order chi connectivity index (χ0) is 14.0. The Hall–Kier alpha value is -0.830. The fourth-order valence-corrected chi connectivity index (χ4v) is 3.08. The van der Waals surface area contributed by atoms with Gasteiger partial charge in [-0.25, -0.2) is 4.98 Å². The van der Waals surface area contributed by atoms with Gasteiger partial charge in [-0.2, -0.15) is 0 Å². The number of nitrogens with zero attached hydrogens (tertiary/aromatic N) is 1. The third-order valence-corrected chi connectivity index (χ3v) is 4.32. The molecule has 20 heavy (non-hydrogen) atoms. The molecule has 1 aromatic heterocycles. The molecule has 0 spiro atoms. The van der Waals surface area contributed by atoms with E-state index in [0.29, 0.717) is 6.04 Å². The summed E-state index contributed by atoms with van der Waals surface area (Å²) in [6.45, 7) is 2.73. The van der Waals surface area contributed by atoms with Gasteiger partial charge in [0.1, 0.15) is 5.76 Å². The molecule has 0 bridgehead atoms. The van der Waals surface area contributed by atoms with E-state index in [1.807, 2.05) is 6.92 Å². The molecule has 0 unspecified atom stereocenters. The molecule has 0 aliphatic heterocycles. The van der Waals surface area contributed by atoms with Crippen molar-refractivity contribution in [3.63, 3.8) is 0 Å².